The highest BCUT2D eigenvalue weighted by Crippen LogP contribution is 2.30. The zero-order valence-electron chi connectivity index (χ0n) is 40.8. The minimum atomic E-state index is -1.61. The summed E-state index contributed by atoms with van der Waals surface area (Å²) in [6, 6.07) is 23.4. The second-order valence-corrected chi connectivity index (χ2v) is 19.8. The van der Waals surface area contributed by atoms with Crippen LogP contribution in [0.3, 0.4) is 0 Å². The number of hydrogen-bond acceptors (Lipinski definition) is 15. The molecule has 0 unspecified atom stereocenters. The fraction of sp³-hybridized carbons (Fsp3) is 0.429. The Labute approximate surface area is 411 Å². The lowest BCUT2D eigenvalue weighted by Gasteiger charge is -2.31. The van der Waals surface area contributed by atoms with Crippen LogP contribution in [0.15, 0.2) is 89.4 Å². The molecule has 70 heavy (non-hydrogen) atoms. The Kier molecular flexibility index (Phi) is 18.2. The van der Waals surface area contributed by atoms with Gasteiger partial charge in [-0.25, -0.2) is 29.0 Å². The molecule has 3 amide bonds. The van der Waals surface area contributed by atoms with Crippen molar-refractivity contribution in [1.82, 2.24) is 25.4 Å². The van der Waals surface area contributed by atoms with Crippen LogP contribution in [0, 0.1) is 5.41 Å². The van der Waals surface area contributed by atoms with Gasteiger partial charge in [-0.3, -0.25) is 10.7 Å². The van der Waals surface area contributed by atoms with Crippen molar-refractivity contribution >= 4 is 58.4 Å². The van der Waals surface area contributed by atoms with Crippen molar-refractivity contribution in [3.05, 3.63) is 112 Å². The van der Waals surface area contributed by atoms with Crippen LogP contribution in [0.4, 0.5) is 19.5 Å². The van der Waals surface area contributed by atoms with E-state index in [-0.39, 0.29) is 43.0 Å². The van der Waals surface area contributed by atoms with Crippen LogP contribution in [0.25, 0.3) is 0 Å². The second-order valence-electron chi connectivity index (χ2n) is 18.9. The first-order chi connectivity index (χ1) is 32.9. The molecule has 21 heteroatoms. The Morgan fingerprint density at radius 2 is 1.30 bits per heavy atom. The van der Waals surface area contributed by atoms with Gasteiger partial charge in [0, 0.05) is 44.6 Å². The number of carbonyl (C=O) groups excluding carboxylic acids is 4. The first kappa shape index (κ1) is 53.5. The summed E-state index contributed by atoms with van der Waals surface area (Å²) in [4.78, 5) is 77.3. The predicted molar refractivity (Wildman–Crippen MR) is 261 cm³/mol. The molecule has 2 heterocycles. The number of carboxylic acids is 1. The molecule has 0 saturated carbocycles. The minimum Gasteiger partial charge on any atom is -0.489 e. The number of nitrogens with one attached hydrogen (secondary N) is 4. The number of guanidine groups is 1. The molecule has 0 bridgehead atoms. The number of rotatable bonds is 18. The van der Waals surface area contributed by atoms with Gasteiger partial charge in [-0.15, -0.1) is 11.3 Å². The van der Waals surface area contributed by atoms with Gasteiger partial charge in [0.15, 0.2) is 17.2 Å². The predicted octanol–water partition coefficient (Wildman–Crippen LogP) is 7.68. The molecule has 0 fully saturated rings. The normalized spacial score (nSPS) is 13.1. The average Bonchev–Trinajstić information content (AvgIpc) is 3.91. The number of thiazole rings is 1. The molecule has 5 N–H and O–H groups in total. The minimum absolute atomic E-state index is 0.0366. The first-order valence-electron chi connectivity index (χ1n) is 22.4. The number of hydrogen-bond donors (Lipinski definition) is 5. The van der Waals surface area contributed by atoms with Gasteiger partial charge in [0.2, 0.25) is 5.71 Å². The van der Waals surface area contributed by atoms with E-state index >= 15 is 0 Å². The van der Waals surface area contributed by atoms with E-state index in [1.165, 1.54) is 5.38 Å². The van der Waals surface area contributed by atoms with Crippen LogP contribution >= 0.6 is 11.3 Å². The number of aromatic nitrogens is 1. The molecule has 1 aromatic heterocycles. The number of carboxylic acid groups (broad SMARTS) is 1. The largest absolute Gasteiger partial charge is 0.489 e. The molecular weight excluding hydrogens is 925 g/mol. The Bertz CT molecular complexity index is 2410. The number of oxime groups is 1. The topological polar surface area (TPSA) is 253 Å². The molecule has 1 atom stereocenters. The number of amides is 3. The fourth-order valence-corrected chi connectivity index (χ4v) is 7.26. The fourth-order valence-electron chi connectivity index (χ4n) is 6.58. The van der Waals surface area contributed by atoms with Crippen LogP contribution in [0.1, 0.15) is 96.4 Å². The van der Waals surface area contributed by atoms with Gasteiger partial charge in [0.05, 0.1) is 0 Å². The Balaban J connectivity index is 1.34. The van der Waals surface area contributed by atoms with Gasteiger partial charge in [-0.2, -0.15) is 0 Å². The lowest BCUT2D eigenvalue weighted by Crippen LogP contribution is -2.48. The van der Waals surface area contributed by atoms with E-state index in [0.29, 0.717) is 30.0 Å². The van der Waals surface area contributed by atoms with Crippen molar-refractivity contribution < 1.29 is 57.6 Å². The highest BCUT2D eigenvalue weighted by atomic mass is 32.1. The molecule has 5 rings (SSSR count). The number of nitrogens with zero attached hydrogens (tertiary/aromatic N) is 4. The van der Waals surface area contributed by atoms with Crippen molar-refractivity contribution in [2.45, 2.75) is 104 Å². The number of benzene rings is 3. The van der Waals surface area contributed by atoms with E-state index in [4.69, 9.17) is 28.5 Å². The number of alkyl carbamates (subject to hydrolysis) is 2. The van der Waals surface area contributed by atoms with Gasteiger partial charge >= 0.3 is 30.2 Å². The van der Waals surface area contributed by atoms with E-state index in [0.717, 1.165) is 22.5 Å². The van der Waals surface area contributed by atoms with Crippen molar-refractivity contribution in [3.8, 4) is 5.75 Å². The molecule has 4 aromatic rings. The summed E-state index contributed by atoms with van der Waals surface area (Å²) in [5.41, 5.74) is 0.0353. The second kappa shape index (κ2) is 23.7. The van der Waals surface area contributed by atoms with Crippen molar-refractivity contribution in [1.29, 1.82) is 5.41 Å². The molecule has 376 valence electrons. The summed E-state index contributed by atoms with van der Waals surface area (Å²) in [6.07, 6.45) is -4.49. The lowest BCUT2D eigenvalue weighted by atomic mass is 10.0. The van der Waals surface area contributed by atoms with Gasteiger partial charge in [-0.1, -0.05) is 71.9 Å². The molecule has 0 saturated heterocycles. The zero-order valence-corrected chi connectivity index (χ0v) is 41.6. The summed E-state index contributed by atoms with van der Waals surface area (Å²) < 4.78 is 28.3. The van der Waals surface area contributed by atoms with Gasteiger partial charge in [0.1, 0.15) is 34.9 Å². The number of ether oxygens (including phenoxy) is 5. The Hall–Kier alpha value is -7.42. The van der Waals surface area contributed by atoms with Crippen LogP contribution in [0.2, 0.25) is 0 Å². The Morgan fingerprint density at radius 3 is 1.83 bits per heavy atom. The quantitative estimate of drug-likeness (QED) is 0.0211. The standard InChI is InChI=1S/C49H62N8O12S/c1-47(2,3)66-44(61)51-22-24-56(25-23-52-45(62)67-48(4,5)6)42(50)57-27-33-20-21-35(26-34(33)28-57)64-29-37(41(60)65-39(31-16-12-10-13-17-31)32-18-14-11-15-19-32)69-55-38(40(58)59)36-30-70-43(53-36)54-46(63)68-49(7,8)9/h10-21,26,30,37,39,50H,22-25,27-29H2,1-9H3,(H,51,61)(H,52,62)(H,58,59)(H,53,54,63)/b50-42?,55-38-/t37-/m0/s1. The molecule has 0 spiro atoms. The number of carbonyl (C=O) groups is 5. The summed E-state index contributed by atoms with van der Waals surface area (Å²) in [6.45, 7) is 16.6. The third kappa shape index (κ3) is 17.3. The van der Waals surface area contributed by atoms with Gasteiger partial charge in [-0.05, 0) is 96.7 Å². The van der Waals surface area contributed by atoms with Crippen LogP contribution in [-0.4, -0.2) is 117 Å². The van der Waals surface area contributed by atoms with E-state index in [1.807, 2.05) is 23.1 Å². The summed E-state index contributed by atoms with van der Waals surface area (Å²) in [5, 5.41) is 32.6. The SMILES string of the molecule is CC(C)(C)OC(=O)NCCN(CCNC(=O)OC(C)(C)C)C(=N)N1Cc2ccc(OC[C@H](O/N=C(\C(=O)O)c3csc(NC(=O)OC(C)(C)C)n3)C(=O)OC(c3ccccc3)c3ccccc3)cc2C1. The molecule has 0 radical (unpaired) electrons. The van der Waals surface area contributed by atoms with Gasteiger partial charge < -0.3 is 54.1 Å². The molecule has 1 aliphatic heterocycles. The Morgan fingerprint density at radius 1 is 0.771 bits per heavy atom. The lowest BCUT2D eigenvalue weighted by molar-refractivity contribution is -0.163. The van der Waals surface area contributed by atoms with Crippen molar-refractivity contribution in [2.24, 2.45) is 5.16 Å². The first-order valence-corrected chi connectivity index (χ1v) is 23.3. The third-order valence-electron chi connectivity index (χ3n) is 9.53. The summed E-state index contributed by atoms with van der Waals surface area (Å²) >= 11 is 0.928. The van der Waals surface area contributed by atoms with Crippen LogP contribution in [0.5, 0.6) is 5.75 Å². The molecule has 3 aromatic carbocycles. The van der Waals surface area contributed by atoms with Crippen LogP contribution in [-0.2, 0) is 46.5 Å². The number of esters is 1. The molecule has 1 aliphatic rings. The van der Waals surface area contributed by atoms with E-state index in [2.05, 4.69) is 26.1 Å². The summed E-state index contributed by atoms with van der Waals surface area (Å²) in [5.74, 6) is -1.98. The summed E-state index contributed by atoms with van der Waals surface area (Å²) in [7, 11) is 0. The average molecular weight is 987 g/mol. The van der Waals surface area contributed by atoms with Crippen molar-refractivity contribution in [3.63, 3.8) is 0 Å². The monoisotopic (exact) mass is 986 g/mol. The highest BCUT2D eigenvalue weighted by Gasteiger charge is 2.31. The third-order valence-corrected chi connectivity index (χ3v) is 10.3. The smallest absolute Gasteiger partial charge is 0.413 e. The maximum atomic E-state index is 14.2. The molecule has 0 aliphatic carbocycles. The number of fused-ring (bicyclic) bond motifs is 1. The molecular formula is C49H62N8O12S. The zero-order chi connectivity index (χ0) is 51.2. The van der Waals surface area contributed by atoms with Gasteiger partial charge in [0.25, 0.3) is 6.10 Å². The van der Waals surface area contributed by atoms with E-state index in [9.17, 15) is 34.5 Å². The number of anilines is 1. The van der Waals surface area contributed by atoms with Crippen LogP contribution < -0.4 is 20.7 Å². The van der Waals surface area contributed by atoms with E-state index in [1.54, 1.807) is 128 Å². The maximum Gasteiger partial charge on any atom is 0.413 e. The number of aliphatic carboxylic acids is 1. The highest BCUT2D eigenvalue weighted by molar-refractivity contribution is 7.14. The van der Waals surface area contributed by atoms with Crippen molar-refractivity contribution in [2.75, 3.05) is 38.1 Å². The molecule has 20 nitrogen and oxygen atoms in total. The maximum absolute atomic E-state index is 14.2. The van der Waals surface area contributed by atoms with E-state index < -0.39 is 71.5 Å².